The van der Waals surface area contributed by atoms with Crippen molar-refractivity contribution in [2.75, 3.05) is 26.2 Å². The van der Waals surface area contributed by atoms with Crippen LogP contribution < -0.4 is 10.6 Å². The summed E-state index contributed by atoms with van der Waals surface area (Å²) in [5.74, 6) is 0.113. The number of piperazine rings is 1. The van der Waals surface area contributed by atoms with Crippen LogP contribution in [0.1, 0.15) is 34.1 Å². The molecule has 112 valence electrons. The molecule has 1 aliphatic rings. The van der Waals surface area contributed by atoms with Crippen molar-refractivity contribution in [2.45, 2.75) is 40.2 Å². The molecule has 1 saturated heterocycles. The molecule has 0 aliphatic carbocycles. The van der Waals surface area contributed by atoms with Crippen LogP contribution in [-0.2, 0) is 9.59 Å². The number of nitrogens with zero attached hydrogens (tertiary/aromatic N) is 1. The molecule has 19 heavy (non-hydrogen) atoms. The molecule has 2 N–H and O–H groups in total. The van der Waals surface area contributed by atoms with Gasteiger partial charge in [-0.15, -0.1) is 12.4 Å². The second-order valence-corrected chi connectivity index (χ2v) is 5.90. The van der Waals surface area contributed by atoms with E-state index in [9.17, 15) is 9.59 Å². The monoisotopic (exact) mass is 291 g/mol. The van der Waals surface area contributed by atoms with E-state index in [1.54, 1.807) is 0 Å². The van der Waals surface area contributed by atoms with Crippen LogP contribution in [0.2, 0.25) is 0 Å². The predicted octanol–water partition coefficient (Wildman–Crippen LogP) is 0.781. The summed E-state index contributed by atoms with van der Waals surface area (Å²) in [4.78, 5) is 25.5. The number of nitrogens with one attached hydrogen (secondary N) is 2. The Balaban J connectivity index is 0.00000324. The van der Waals surface area contributed by atoms with E-state index in [0.717, 1.165) is 19.6 Å². The first-order chi connectivity index (χ1) is 8.32. The smallest absolute Gasteiger partial charge is 0.225 e. The topological polar surface area (TPSA) is 61.4 Å². The van der Waals surface area contributed by atoms with E-state index >= 15 is 0 Å². The number of carbonyl (C=O) groups is 2. The molecule has 0 aromatic rings. The quantitative estimate of drug-likeness (QED) is 0.808. The highest BCUT2D eigenvalue weighted by Gasteiger charge is 2.24. The molecule has 2 amide bonds. The van der Waals surface area contributed by atoms with Crippen LogP contribution >= 0.6 is 12.4 Å². The van der Waals surface area contributed by atoms with Gasteiger partial charge < -0.3 is 15.5 Å². The van der Waals surface area contributed by atoms with Crippen molar-refractivity contribution in [3.05, 3.63) is 0 Å². The Labute approximate surface area is 121 Å². The van der Waals surface area contributed by atoms with E-state index < -0.39 is 5.41 Å². The van der Waals surface area contributed by atoms with Gasteiger partial charge in [0.1, 0.15) is 0 Å². The summed E-state index contributed by atoms with van der Waals surface area (Å²) < 4.78 is 0. The molecule has 0 unspecified atom stereocenters. The van der Waals surface area contributed by atoms with Gasteiger partial charge in [-0.1, -0.05) is 20.8 Å². The van der Waals surface area contributed by atoms with Crippen molar-refractivity contribution >= 4 is 24.2 Å². The van der Waals surface area contributed by atoms with Crippen LogP contribution in [0, 0.1) is 5.41 Å². The van der Waals surface area contributed by atoms with E-state index in [-0.39, 0.29) is 30.3 Å². The second-order valence-electron chi connectivity index (χ2n) is 5.90. The molecule has 5 nitrogen and oxygen atoms in total. The average Bonchev–Trinajstić information content (AvgIpc) is 2.28. The number of amides is 2. The maximum atomic E-state index is 12.0. The van der Waals surface area contributed by atoms with E-state index in [1.165, 1.54) is 0 Å². The van der Waals surface area contributed by atoms with Gasteiger partial charge in [-0.05, 0) is 6.92 Å². The van der Waals surface area contributed by atoms with Gasteiger partial charge in [-0.3, -0.25) is 9.59 Å². The molecule has 1 atom stereocenters. The van der Waals surface area contributed by atoms with Crippen molar-refractivity contribution in [3.63, 3.8) is 0 Å². The first-order valence-corrected chi connectivity index (χ1v) is 6.61. The van der Waals surface area contributed by atoms with Gasteiger partial charge in [0.15, 0.2) is 0 Å². The van der Waals surface area contributed by atoms with Crippen LogP contribution in [0.25, 0.3) is 0 Å². The Kier molecular flexibility index (Phi) is 7.37. The summed E-state index contributed by atoms with van der Waals surface area (Å²) in [5.41, 5.74) is -0.397. The van der Waals surface area contributed by atoms with Crippen LogP contribution in [-0.4, -0.2) is 48.9 Å². The van der Waals surface area contributed by atoms with E-state index in [2.05, 4.69) is 10.6 Å². The Morgan fingerprint density at radius 3 is 2.53 bits per heavy atom. The molecule has 1 rings (SSSR count). The fourth-order valence-electron chi connectivity index (χ4n) is 1.90. The van der Waals surface area contributed by atoms with Crippen LogP contribution in [0.4, 0.5) is 0 Å². The maximum absolute atomic E-state index is 12.0. The molecule has 0 aromatic heterocycles. The van der Waals surface area contributed by atoms with Crippen molar-refractivity contribution < 1.29 is 9.59 Å². The minimum Gasteiger partial charge on any atom is -0.355 e. The van der Waals surface area contributed by atoms with E-state index in [0.29, 0.717) is 13.0 Å². The normalized spacial score (nSPS) is 19.6. The van der Waals surface area contributed by atoms with Crippen molar-refractivity contribution in [3.8, 4) is 0 Å². The van der Waals surface area contributed by atoms with Crippen molar-refractivity contribution in [1.29, 1.82) is 0 Å². The summed E-state index contributed by atoms with van der Waals surface area (Å²) in [6.07, 6.45) is 0.381. The molecule has 0 saturated carbocycles. The minimum atomic E-state index is -0.397. The molecular weight excluding hydrogens is 266 g/mol. The standard InChI is InChI=1S/C13H25N3O2.ClH/c1-10-9-14-7-8-16(10)11(17)5-6-15-12(18)13(2,3)4;/h10,14H,5-9H2,1-4H3,(H,15,18);1H/t10-;/m1./s1. The number of hydrogen-bond donors (Lipinski definition) is 2. The first kappa shape index (κ1) is 18.2. The van der Waals surface area contributed by atoms with E-state index in [1.807, 2.05) is 32.6 Å². The lowest BCUT2D eigenvalue weighted by molar-refractivity contribution is -0.134. The van der Waals surface area contributed by atoms with Gasteiger partial charge in [-0.25, -0.2) is 0 Å². The fraction of sp³-hybridized carbons (Fsp3) is 0.846. The van der Waals surface area contributed by atoms with Crippen LogP contribution in [0.15, 0.2) is 0 Å². The highest BCUT2D eigenvalue weighted by molar-refractivity contribution is 5.85. The van der Waals surface area contributed by atoms with Gasteiger partial charge in [0.25, 0.3) is 0 Å². The van der Waals surface area contributed by atoms with Gasteiger partial charge in [0.05, 0.1) is 0 Å². The summed E-state index contributed by atoms with van der Waals surface area (Å²) in [6, 6.07) is 0.240. The molecule has 1 aliphatic heterocycles. The van der Waals surface area contributed by atoms with Crippen molar-refractivity contribution in [1.82, 2.24) is 15.5 Å². The third kappa shape index (κ3) is 5.78. The molecule has 1 heterocycles. The number of rotatable bonds is 3. The summed E-state index contributed by atoms with van der Waals surface area (Å²) in [7, 11) is 0. The molecular formula is C13H26ClN3O2. The zero-order valence-corrected chi connectivity index (χ0v) is 13.1. The summed E-state index contributed by atoms with van der Waals surface area (Å²) in [6.45, 7) is 10.5. The largest absolute Gasteiger partial charge is 0.355 e. The average molecular weight is 292 g/mol. The maximum Gasteiger partial charge on any atom is 0.225 e. The molecule has 0 bridgehead atoms. The SMILES string of the molecule is C[C@@H]1CNCCN1C(=O)CCNC(=O)C(C)(C)C.Cl. The zero-order valence-electron chi connectivity index (χ0n) is 12.3. The minimum absolute atomic E-state index is 0. The number of halogens is 1. The lowest BCUT2D eigenvalue weighted by Crippen LogP contribution is -2.52. The lowest BCUT2D eigenvalue weighted by atomic mass is 9.96. The Hall–Kier alpha value is -0.810. The zero-order chi connectivity index (χ0) is 13.8. The van der Waals surface area contributed by atoms with Gasteiger partial charge in [0.2, 0.25) is 11.8 Å². The Bertz CT molecular complexity index is 316. The molecule has 1 fully saturated rings. The molecule has 0 radical (unpaired) electrons. The molecule has 6 heteroatoms. The Morgan fingerprint density at radius 1 is 1.37 bits per heavy atom. The third-order valence-electron chi connectivity index (χ3n) is 3.13. The Morgan fingerprint density at radius 2 is 2.00 bits per heavy atom. The lowest BCUT2D eigenvalue weighted by Gasteiger charge is -2.34. The van der Waals surface area contributed by atoms with Crippen LogP contribution in [0.3, 0.4) is 0 Å². The molecule has 0 spiro atoms. The summed E-state index contributed by atoms with van der Waals surface area (Å²) in [5, 5.41) is 6.06. The van der Waals surface area contributed by atoms with Crippen molar-refractivity contribution in [2.24, 2.45) is 5.41 Å². The van der Waals surface area contributed by atoms with Gasteiger partial charge in [-0.2, -0.15) is 0 Å². The van der Waals surface area contributed by atoms with Crippen LogP contribution in [0.5, 0.6) is 0 Å². The van der Waals surface area contributed by atoms with Gasteiger partial charge in [0, 0.05) is 44.1 Å². The van der Waals surface area contributed by atoms with E-state index in [4.69, 9.17) is 0 Å². The predicted molar refractivity (Wildman–Crippen MR) is 78.4 cm³/mol. The highest BCUT2D eigenvalue weighted by Crippen LogP contribution is 2.12. The fourth-order valence-corrected chi connectivity index (χ4v) is 1.90. The number of carbonyl (C=O) groups excluding carboxylic acids is 2. The summed E-state index contributed by atoms with van der Waals surface area (Å²) >= 11 is 0. The first-order valence-electron chi connectivity index (χ1n) is 6.61. The number of hydrogen-bond acceptors (Lipinski definition) is 3. The van der Waals surface area contributed by atoms with Gasteiger partial charge >= 0.3 is 0 Å². The third-order valence-corrected chi connectivity index (χ3v) is 3.13. The highest BCUT2D eigenvalue weighted by atomic mass is 35.5. The molecule has 0 aromatic carbocycles. The second kappa shape index (κ2) is 7.70.